The van der Waals surface area contributed by atoms with Gasteiger partial charge in [0.05, 0.1) is 0 Å². The molecule has 13 heavy (non-hydrogen) atoms. The summed E-state index contributed by atoms with van der Waals surface area (Å²) in [5.41, 5.74) is 3.17. The fraction of sp³-hybridized carbons (Fsp3) is 0.200. The SMILES string of the molecule is OB(O)C1=CC=C(C2=CC=CC2)C1. The van der Waals surface area contributed by atoms with E-state index in [-0.39, 0.29) is 0 Å². The molecule has 0 aromatic carbocycles. The van der Waals surface area contributed by atoms with Crippen LogP contribution in [0.2, 0.25) is 0 Å². The molecule has 0 aliphatic heterocycles. The van der Waals surface area contributed by atoms with Crippen molar-refractivity contribution in [2.75, 3.05) is 0 Å². The maximum absolute atomic E-state index is 8.93. The predicted molar refractivity (Wildman–Crippen MR) is 52.8 cm³/mol. The zero-order chi connectivity index (χ0) is 9.26. The van der Waals surface area contributed by atoms with Gasteiger partial charge in [-0.1, -0.05) is 30.4 Å². The minimum atomic E-state index is -1.30. The molecule has 2 nitrogen and oxygen atoms in total. The molecule has 0 heterocycles. The standard InChI is InChI=1S/C10H11BO2/c12-11(13)10-6-5-9(7-10)8-3-1-2-4-8/h1-3,5-6,12-13H,4,7H2. The second kappa shape index (κ2) is 3.36. The summed E-state index contributed by atoms with van der Waals surface area (Å²) in [7, 11) is -1.30. The first-order valence-electron chi connectivity index (χ1n) is 4.39. The van der Waals surface area contributed by atoms with E-state index in [1.165, 1.54) is 11.1 Å². The van der Waals surface area contributed by atoms with E-state index >= 15 is 0 Å². The van der Waals surface area contributed by atoms with Crippen molar-refractivity contribution in [1.29, 1.82) is 0 Å². The van der Waals surface area contributed by atoms with Crippen molar-refractivity contribution in [1.82, 2.24) is 0 Å². The molecule has 0 unspecified atom stereocenters. The molecular formula is C10H11BO2. The van der Waals surface area contributed by atoms with Gasteiger partial charge in [-0.2, -0.15) is 0 Å². The summed E-state index contributed by atoms with van der Waals surface area (Å²) < 4.78 is 0. The third-order valence-corrected chi connectivity index (χ3v) is 2.41. The van der Waals surface area contributed by atoms with Crippen LogP contribution in [0.25, 0.3) is 0 Å². The summed E-state index contributed by atoms with van der Waals surface area (Å²) in [4.78, 5) is 0. The van der Waals surface area contributed by atoms with Gasteiger partial charge >= 0.3 is 7.12 Å². The van der Waals surface area contributed by atoms with Gasteiger partial charge < -0.3 is 10.0 Å². The first kappa shape index (κ1) is 8.54. The maximum Gasteiger partial charge on any atom is 0.484 e. The second-order valence-electron chi connectivity index (χ2n) is 3.31. The molecule has 0 fully saturated rings. The van der Waals surface area contributed by atoms with Crippen LogP contribution in [-0.2, 0) is 0 Å². The zero-order valence-corrected chi connectivity index (χ0v) is 7.27. The molecule has 0 aromatic heterocycles. The van der Waals surface area contributed by atoms with Crippen LogP contribution >= 0.6 is 0 Å². The van der Waals surface area contributed by atoms with Crippen LogP contribution in [0, 0.1) is 0 Å². The molecule has 0 amide bonds. The molecular weight excluding hydrogens is 163 g/mol. The molecule has 0 saturated heterocycles. The van der Waals surface area contributed by atoms with E-state index in [9.17, 15) is 0 Å². The summed E-state index contributed by atoms with van der Waals surface area (Å²) in [6.45, 7) is 0. The van der Waals surface area contributed by atoms with Gasteiger partial charge in [0, 0.05) is 0 Å². The Kier molecular flexibility index (Phi) is 2.21. The number of hydrogen-bond acceptors (Lipinski definition) is 2. The summed E-state index contributed by atoms with van der Waals surface area (Å²) in [5, 5.41) is 17.9. The highest BCUT2D eigenvalue weighted by Crippen LogP contribution is 2.29. The highest BCUT2D eigenvalue weighted by atomic mass is 16.4. The second-order valence-corrected chi connectivity index (χ2v) is 3.31. The van der Waals surface area contributed by atoms with Crippen LogP contribution in [0.3, 0.4) is 0 Å². The summed E-state index contributed by atoms with van der Waals surface area (Å²) in [6.07, 6.45) is 11.6. The first-order chi connectivity index (χ1) is 6.27. The minimum absolute atomic E-state index is 0.672. The van der Waals surface area contributed by atoms with Crippen molar-refractivity contribution >= 4 is 7.12 Å². The van der Waals surface area contributed by atoms with Crippen LogP contribution in [0.4, 0.5) is 0 Å². The van der Waals surface area contributed by atoms with Gasteiger partial charge in [0.15, 0.2) is 0 Å². The molecule has 0 atom stereocenters. The Hall–Kier alpha value is -1.06. The minimum Gasteiger partial charge on any atom is -0.423 e. The van der Waals surface area contributed by atoms with Crippen molar-refractivity contribution in [3.05, 3.63) is 47.0 Å². The van der Waals surface area contributed by atoms with Crippen LogP contribution < -0.4 is 0 Å². The Bertz CT molecular complexity index is 335. The van der Waals surface area contributed by atoms with Crippen molar-refractivity contribution < 1.29 is 10.0 Å². The first-order valence-corrected chi connectivity index (χ1v) is 4.39. The van der Waals surface area contributed by atoms with E-state index in [0.717, 1.165) is 6.42 Å². The van der Waals surface area contributed by atoms with Gasteiger partial charge in [0.2, 0.25) is 0 Å². The molecule has 2 aliphatic carbocycles. The Morgan fingerprint density at radius 2 is 1.92 bits per heavy atom. The van der Waals surface area contributed by atoms with E-state index in [1.54, 1.807) is 6.08 Å². The van der Waals surface area contributed by atoms with Crippen molar-refractivity contribution in [3.63, 3.8) is 0 Å². The molecule has 66 valence electrons. The highest BCUT2D eigenvalue weighted by molar-refractivity contribution is 6.51. The van der Waals surface area contributed by atoms with Gasteiger partial charge in [-0.3, -0.25) is 0 Å². The molecule has 0 bridgehead atoms. The molecule has 2 rings (SSSR count). The third kappa shape index (κ3) is 1.66. The average molecular weight is 174 g/mol. The van der Waals surface area contributed by atoms with Gasteiger partial charge in [-0.25, -0.2) is 0 Å². The smallest absolute Gasteiger partial charge is 0.423 e. The largest absolute Gasteiger partial charge is 0.484 e. The molecule has 0 spiro atoms. The van der Waals surface area contributed by atoms with E-state index in [1.807, 2.05) is 12.2 Å². The van der Waals surface area contributed by atoms with Gasteiger partial charge in [0.25, 0.3) is 0 Å². The normalized spacial score (nSPS) is 20.0. The molecule has 2 N–H and O–H groups in total. The number of hydrogen-bond donors (Lipinski definition) is 2. The molecule has 3 heteroatoms. The van der Waals surface area contributed by atoms with Crippen molar-refractivity contribution in [2.24, 2.45) is 0 Å². The Morgan fingerprint density at radius 3 is 2.46 bits per heavy atom. The molecule has 0 radical (unpaired) electrons. The Balaban J connectivity index is 2.02. The Labute approximate surface area is 77.7 Å². The lowest BCUT2D eigenvalue weighted by Gasteiger charge is -2.04. The summed E-state index contributed by atoms with van der Waals surface area (Å²) >= 11 is 0. The third-order valence-electron chi connectivity index (χ3n) is 2.41. The number of rotatable bonds is 2. The van der Waals surface area contributed by atoms with E-state index < -0.39 is 7.12 Å². The predicted octanol–water partition coefficient (Wildman–Crippen LogP) is 1.14. The summed E-state index contributed by atoms with van der Waals surface area (Å²) in [5.74, 6) is 0. The lowest BCUT2D eigenvalue weighted by Crippen LogP contribution is -2.14. The van der Waals surface area contributed by atoms with Crippen molar-refractivity contribution in [2.45, 2.75) is 12.8 Å². The van der Waals surface area contributed by atoms with Gasteiger partial charge in [-0.05, 0) is 29.5 Å². The monoisotopic (exact) mass is 174 g/mol. The average Bonchev–Trinajstić information content (AvgIpc) is 2.75. The quantitative estimate of drug-likeness (QED) is 0.616. The van der Waals surface area contributed by atoms with E-state index in [0.29, 0.717) is 11.9 Å². The topological polar surface area (TPSA) is 40.5 Å². The van der Waals surface area contributed by atoms with Crippen LogP contribution in [0.15, 0.2) is 47.0 Å². The fourth-order valence-electron chi connectivity index (χ4n) is 1.63. The zero-order valence-electron chi connectivity index (χ0n) is 7.27. The van der Waals surface area contributed by atoms with E-state index in [2.05, 4.69) is 12.2 Å². The fourth-order valence-corrected chi connectivity index (χ4v) is 1.63. The number of allylic oxidation sites excluding steroid dienone is 8. The highest BCUT2D eigenvalue weighted by Gasteiger charge is 2.20. The molecule has 2 aliphatic rings. The lowest BCUT2D eigenvalue weighted by atomic mass is 9.77. The van der Waals surface area contributed by atoms with E-state index in [4.69, 9.17) is 10.0 Å². The molecule has 0 saturated carbocycles. The summed E-state index contributed by atoms with van der Waals surface area (Å²) in [6, 6.07) is 0. The van der Waals surface area contributed by atoms with Crippen LogP contribution in [0.5, 0.6) is 0 Å². The van der Waals surface area contributed by atoms with Gasteiger partial charge in [0.1, 0.15) is 0 Å². The Morgan fingerprint density at radius 1 is 1.08 bits per heavy atom. The lowest BCUT2D eigenvalue weighted by molar-refractivity contribution is 0.418. The molecule has 0 aromatic rings. The van der Waals surface area contributed by atoms with Crippen LogP contribution in [0.1, 0.15) is 12.8 Å². The maximum atomic E-state index is 8.93. The van der Waals surface area contributed by atoms with Crippen LogP contribution in [-0.4, -0.2) is 17.2 Å². The van der Waals surface area contributed by atoms with Crippen molar-refractivity contribution in [3.8, 4) is 0 Å². The van der Waals surface area contributed by atoms with Gasteiger partial charge in [-0.15, -0.1) is 0 Å².